The Morgan fingerprint density at radius 1 is 1.50 bits per heavy atom. The summed E-state index contributed by atoms with van der Waals surface area (Å²) in [6, 6.07) is 0. The second kappa shape index (κ2) is 6.18. The number of carbonyl (C=O) groups excluding carboxylic acids is 1. The van der Waals surface area contributed by atoms with E-state index in [4.69, 9.17) is 4.74 Å². The zero-order valence-corrected chi connectivity index (χ0v) is 13.8. The topological polar surface area (TPSA) is 69.0 Å². The Bertz CT molecular complexity index is 679. The molecule has 0 aliphatic carbocycles. The number of thiazole rings is 1. The minimum Gasteiger partial charge on any atom is -0.373 e. The van der Waals surface area contributed by atoms with E-state index in [1.165, 1.54) is 0 Å². The molecule has 1 saturated heterocycles. The first-order valence-electron chi connectivity index (χ1n) is 7.35. The van der Waals surface area contributed by atoms with E-state index in [0.717, 1.165) is 27.6 Å². The summed E-state index contributed by atoms with van der Waals surface area (Å²) >= 11 is 1.60. The number of ether oxygens (including phenoxy) is 1. The lowest BCUT2D eigenvalue weighted by atomic mass is 9.95. The van der Waals surface area contributed by atoms with E-state index in [0.29, 0.717) is 13.2 Å². The Kier molecular flexibility index (Phi) is 4.26. The van der Waals surface area contributed by atoms with Crippen LogP contribution in [0.15, 0.2) is 12.4 Å². The molecule has 0 unspecified atom stereocenters. The standard InChI is InChI=1S/C15H20N4O2S/c1-9-13(8-18-19(9)3)14-12(4-5-21-14)15(20)17-7-11-6-16-10(2)22-11/h6,8,12,14H,4-5,7H2,1-3H3,(H,17,20)/t12-,14-/m0/s1. The van der Waals surface area contributed by atoms with Gasteiger partial charge in [0, 0.05) is 36.0 Å². The summed E-state index contributed by atoms with van der Waals surface area (Å²) < 4.78 is 7.61. The molecule has 0 aromatic carbocycles. The number of aryl methyl sites for hydroxylation is 2. The maximum Gasteiger partial charge on any atom is 0.226 e. The minimum atomic E-state index is -0.197. The molecule has 3 heterocycles. The Balaban J connectivity index is 1.67. The van der Waals surface area contributed by atoms with Gasteiger partial charge in [0.25, 0.3) is 0 Å². The largest absolute Gasteiger partial charge is 0.373 e. The van der Waals surface area contributed by atoms with Crippen molar-refractivity contribution >= 4 is 17.2 Å². The quantitative estimate of drug-likeness (QED) is 0.934. The van der Waals surface area contributed by atoms with Crippen molar-refractivity contribution in [1.82, 2.24) is 20.1 Å². The zero-order valence-electron chi connectivity index (χ0n) is 13.0. The first kappa shape index (κ1) is 15.2. The smallest absolute Gasteiger partial charge is 0.226 e. The fraction of sp³-hybridized carbons (Fsp3) is 0.533. The third-order valence-electron chi connectivity index (χ3n) is 4.11. The summed E-state index contributed by atoms with van der Waals surface area (Å²) in [5.74, 6) is -0.117. The third kappa shape index (κ3) is 2.91. The van der Waals surface area contributed by atoms with Crippen LogP contribution < -0.4 is 5.32 Å². The van der Waals surface area contributed by atoms with Gasteiger partial charge >= 0.3 is 0 Å². The van der Waals surface area contributed by atoms with Crippen LogP contribution in [0.4, 0.5) is 0 Å². The number of hydrogen-bond acceptors (Lipinski definition) is 5. The van der Waals surface area contributed by atoms with E-state index in [-0.39, 0.29) is 17.9 Å². The lowest BCUT2D eigenvalue weighted by molar-refractivity contribution is -0.126. The van der Waals surface area contributed by atoms with Crippen molar-refractivity contribution in [3.8, 4) is 0 Å². The van der Waals surface area contributed by atoms with E-state index in [9.17, 15) is 4.79 Å². The van der Waals surface area contributed by atoms with Gasteiger partial charge in [0.2, 0.25) is 5.91 Å². The van der Waals surface area contributed by atoms with E-state index in [1.807, 2.05) is 31.8 Å². The molecule has 0 spiro atoms. The van der Waals surface area contributed by atoms with Crippen molar-refractivity contribution in [2.75, 3.05) is 6.61 Å². The molecule has 6 nitrogen and oxygen atoms in total. The summed E-state index contributed by atoms with van der Waals surface area (Å²) in [5, 5.41) is 8.27. The van der Waals surface area contributed by atoms with Crippen LogP contribution in [0.5, 0.6) is 0 Å². The highest BCUT2D eigenvalue weighted by atomic mass is 32.1. The van der Waals surface area contributed by atoms with Gasteiger partial charge in [-0.25, -0.2) is 4.98 Å². The van der Waals surface area contributed by atoms with Gasteiger partial charge in [0.1, 0.15) is 0 Å². The van der Waals surface area contributed by atoms with Crippen molar-refractivity contribution in [3.05, 3.63) is 33.5 Å². The lowest BCUT2D eigenvalue weighted by Gasteiger charge is -2.17. The second-order valence-electron chi connectivity index (χ2n) is 5.56. The van der Waals surface area contributed by atoms with Crippen molar-refractivity contribution in [2.45, 2.75) is 32.9 Å². The van der Waals surface area contributed by atoms with Gasteiger partial charge in [0.05, 0.1) is 29.8 Å². The number of nitrogens with zero attached hydrogens (tertiary/aromatic N) is 3. The number of rotatable bonds is 4. The predicted octanol–water partition coefficient (Wildman–Crippen LogP) is 1.89. The first-order valence-corrected chi connectivity index (χ1v) is 8.17. The molecule has 118 valence electrons. The minimum absolute atomic E-state index is 0.0387. The van der Waals surface area contributed by atoms with Gasteiger partial charge in [0.15, 0.2) is 0 Å². The molecule has 1 aliphatic rings. The SMILES string of the molecule is Cc1ncc(CNC(=O)[C@H]2CCO[C@@H]2c2cnn(C)c2C)s1. The molecule has 2 aromatic heterocycles. The van der Waals surface area contributed by atoms with Crippen molar-refractivity contribution < 1.29 is 9.53 Å². The fourth-order valence-corrected chi connectivity index (χ4v) is 3.49. The maximum atomic E-state index is 12.5. The van der Waals surface area contributed by atoms with Crippen molar-refractivity contribution in [3.63, 3.8) is 0 Å². The Labute approximate surface area is 133 Å². The van der Waals surface area contributed by atoms with E-state index in [2.05, 4.69) is 15.4 Å². The number of carbonyl (C=O) groups is 1. The number of aromatic nitrogens is 3. The van der Waals surface area contributed by atoms with Gasteiger partial charge in [-0.1, -0.05) is 0 Å². The van der Waals surface area contributed by atoms with Gasteiger partial charge in [-0.15, -0.1) is 11.3 Å². The molecule has 0 radical (unpaired) electrons. The van der Waals surface area contributed by atoms with Crippen LogP contribution in [0.1, 0.15) is 33.7 Å². The monoisotopic (exact) mass is 320 g/mol. The molecule has 0 bridgehead atoms. The molecule has 0 saturated carbocycles. The van der Waals surface area contributed by atoms with Gasteiger partial charge < -0.3 is 10.1 Å². The van der Waals surface area contributed by atoms with E-state index < -0.39 is 0 Å². The van der Waals surface area contributed by atoms with Crippen molar-refractivity contribution in [2.24, 2.45) is 13.0 Å². The lowest BCUT2D eigenvalue weighted by Crippen LogP contribution is -2.31. The highest BCUT2D eigenvalue weighted by molar-refractivity contribution is 7.11. The number of hydrogen-bond donors (Lipinski definition) is 1. The van der Waals surface area contributed by atoms with Crippen LogP contribution in [0.2, 0.25) is 0 Å². The number of nitrogens with one attached hydrogen (secondary N) is 1. The summed E-state index contributed by atoms with van der Waals surface area (Å²) in [6.07, 6.45) is 4.16. The maximum absolute atomic E-state index is 12.5. The molecule has 1 fully saturated rings. The van der Waals surface area contributed by atoms with E-state index >= 15 is 0 Å². The summed E-state index contributed by atoms with van der Waals surface area (Å²) in [6.45, 7) is 5.09. The second-order valence-corrected chi connectivity index (χ2v) is 6.88. The summed E-state index contributed by atoms with van der Waals surface area (Å²) in [5.41, 5.74) is 2.05. The van der Waals surface area contributed by atoms with E-state index in [1.54, 1.807) is 17.5 Å². The van der Waals surface area contributed by atoms with Gasteiger partial charge in [-0.2, -0.15) is 5.10 Å². The molecular formula is C15H20N4O2S. The molecule has 7 heteroatoms. The summed E-state index contributed by atoms with van der Waals surface area (Å²) in [4.78, 5) is 17.8. The first-order chi connectivity index (χ1) is 10.6. The van der Waals surface area contributed by atoms with Crippen LogP contribution in [0, 0.1) is 19.8 Å². The Morgan fingerprint density at radius 3 is 2.95 bits per heavy atom. The Morgan fingerprint density at radius 2 is 2.32 bits per heavy atom. The average Bonchev–Trinajstić information content (AvgIpc) is 3.19. The molecule has 22 heavy (non-hydrogen) atoms. The zero-order chi connectivity index (χ0) is 15.7. The number of amides is 1. The normalized spacial score (nSPS) is 21.2. The predicted molar refractivity (Wildman–Crippen MR) is 83.4 cm³/mol. The highest BCUT2D eigenvalue weighted by Crippen LogP contribution is 2.36. The summed E-state index contributed by atoms with van der Waals surface area (Å²) in [7, 11) is 1.90. The van der Waals surface area contributed by atoms with Gasteiger partial charge in [-0.3, -0.25) is 9.48 Å². The van der Waals surface area contributed by atoms with Gasteiger partial charge in [-0.05, 0) is 20.3 Å². The molecule has 2 aromatic rings. The third-order valence-corrected chi connectivity index (χ3v) is 5.03. The highest BCUT2D eigenvalue weighted by Gasteiger charge is 2.36. The van der Waals surface area contributed by atoms with Crippen LogP contribution in [-0.2, 0) is 23.1 Å². The molecule has 1 N–H and O–H groups in total. The van der Waals surface area contributed by atoms with Crippen LogP contribution in [0.25, 0.3) is 0 Å². The van der Waals surface area contributed by atoms with Crippen LogP contribution in [-0.4, -0.2) is 27.3 Å². The molecule has 1 amide bonds. The Hall–Kier alpha value is -1.73. The molecule has 2 atom stereocenters. The average molecular weight is 320 g/mol. The molecule has 3 rings (SSSR count). The van der Waals surface area contributed by atoms with Crippen LogP contribution >= 0.6 is 11.3 Å². The molecular weight excluding hydrogens is 300 g/mol. The fourth-order valence-electron chi connectivity index (χ4n) is 2.75. The van der Waals surface area contributed by atoms with Crippen molar-refractivity contribution in [1.29, 1.82) is 0 Å². The van der Waals surface area contributed by atoms with Crippen LogP contribution in [0.3, 0.4) is 0 Å². The molecule has 1 aliphatic heterocycles.